The number of halogens is 2. The van der Waals surface area contributed by atoms with Gasteiger partial charge >= 0.3 is 0 Å². The van der Waals surface area contributed by atoms with Crippen LogP contribution >= 0.6 is 23.2 Å². The summed E-state index contributed by atoms with van der Waals surface area (Å²) in [5, 5.41) is 3.62. The molecule has 0 saturated heterocycles. The molecule has 0 aliphatic carbocycles. The van der Waals surface area contributed by atoms with E-state index in [1.165, 1.54) is 18.0 Å². The van der Waals surface area contributed by atoms with Crippen LogP contribution in [0.5, 0.6) is 0 Å². The second-order valence-electron chi connectivity index (χ2n) is 5.88. The van der Waals surface area contributed by atoms with Crippen molar-refractivity contribution in [2.24, 2.45) is 0 Å². The second-order valence-corrected chi connectivity index (χ2v) is 6.72. The summed E-state index contributed by atoms with van der Waals surface area (Å²) < 4.78 is 0. The van der Waals surface area contributed by atoms with Crippen molar-refractivity contribution in [3.8, 4) is 0 Å². The first-order valence-electron chi connectivity index (χ1n) is 8.06. The molecule has 130 valence electrons. The largest absolute Gasteiger partial charge is 0.320 e. The lowest BCUT2D eigenvalue weighted by atomic mass is 10.2. The predicted molar refractivity (Wildman–Crippen MR) is 104 cm³/mol. The number of hydrogen-bond donors (Lipinski definition) is 1. The van der Waals surface area contributed by atoms with Crippen LogP contribution in [0.15, 0.2) is 54.9 Å². The van der Waals surface area contributed by atoms with Gasteiger partial charge in [-0.3, -0.25) is 4.79 Å². The maximum Gasteiger partial charge on any atom is 0.258 e. The van der Waals surface area contributed by atoms with Crippen LogP contribution in [-0.2, 0) is 6.42 Å². The number of carbonyl (C=O) groups excluding carboxylic acids is 1. The van der Waals surface area contributed by atoms with Crippen LogP contribution < -0.4 is 10.2 Å². The van der Waals surface area contributed by atoms with Gasteiger partial charge in [-0.15, -0.1) is 0 Å². The minimum absolute atomic E-state index is 0.345. The fraction of sp³-hybridized carbons (Fsp3) is 0.105. The van der Waals surface area contributed by atoms with Gasteiger partial charge in [0.15, 0.2) is 0 Å². The zero-order chi connectivity index (χ0) is 18.1. The lowest BCUT2D eigenvalue weighted by Crippen LogP contribution is -2.18. The molecule has 0 fully saturated rings. The van der Waals surface area contributed by atoms with Gasteiger partial charge in [-0.05, 0) is 36.2 Å². The van der Waals surface area contributed by atoms with E-state index in [0.717, 1.165) is 18.7 Å². The molecule has 1 amide bonds. The standard InChI is InChI=1S/C19H14Cl2N4O/c20-14-5-6-15(21)16(9-14)24-18(26)13-10-22-19(23-11-13)25-8-7-12-3-1-2-4-17(12)25/h1-6,9-11H,7-8H2,(H,24,26). The van der Waals surface area contributed by atoms with Gasteiger partial charge in [0.25, 0.3) is 5.91 Å². The van der Waals surface area contributed by atoms with Gasteiger partial charge in [-0.25, -0.2) is 9.97 Å². The summed E-state index contributed by atoms with van der Waals surface area (Å²) in [7, 11) is 0. The van der Waals surface area contributed by atoms with Crippen molar-refractivity contribution in [3.05, 3.63) is 76.0 Å². The van der Waals surface area contributed by atoms with Gasteiger partial charge in [0, 0.05) is 29.6 Å². The fourth-order valence-corrected chi connectivity index (χ4v) is 3.25. The molecule has 0 bridgehead atoms. The first-order chi connectivity index (χ1) is 12.6. The molecule has 3 aromatic rings. The summed E-state index contributed by atoms with van der Waals surface area (Å²) in [4.78, 5) is 23.2. The number of benzene rings is 2. The molecule has 5 nitrogen and oxygen atoms in total. The van der Waals surface area contributed by atoms with Gasteiger partial charge in [0.2, 0.25) is 5.95 Å². The van der Waals surface area contributed by atoms with Crippen LogP contribution in [0.25, 0.3) is 0 Å². The molecule has 2 heterocycles. The Morgan fingerprint density at radius 2 is 1.85 bits per heavy atom. The molecule has 26 heavy (non-hydrogen) atoms. The van der Waals surface area contributed by atoms with E-state index in [-0.39, 0.29) is 5.91 Å². The highest BCUT2D eigenvalue weighted by Gasteiger charge is 2.22. The number of amides is 1. The zero-order valence-corrected chi connectivity index (χ0v) is 15.1. The highest BCUT2D eigenvalue weighted by atomic mass is 35.5. The number of carbonyl (C=O) groups is 1. The molecule has 0 unspecified atom stereocenters. The molecule has 1 aliphatic rings. The number of rotatable bonds is 3. The number of nitrogens with zero attached hydrogens (tertiary/aromatic N) is 3. The van der Waals surface area contributed by atoms with Crippen molar-refractivity contribution in [2.45, 2.75) is 6.42 Å². The molecule has 0 atom stereocenters. The minimum Gasteiger partial charge on any atom is -0.320 e. The van der Waals surface area contributed by atoms with Crippen molar-refractivity contribution in [1.29, 1.82) is 0 Å². The van der Waals surface area contributed by atoms with Crippen molar-refractivity contribution in [2.75, 3.05) is 16.8 Å². The topological polar surface area (TPSA) is 58.1 Å². The highest BCUT2D eigenvalue weighted by molar-refractivity contribution is 6.35. The minimum atomic E-state index is -0.345. The van der Waals surface area contributed by atoms with E-state index < -0.39 is 0 Å². The summed E-state index contributed by atoms with van der Waals surface area (Å²) in [6.45, 7) is 0.822. The molecular weight excluding hydrogens is 371 g/mol. The van der Waals surface area contributed by atoms with Crippen molar-refractivity contribution in [3.63, 3.8) is 0 Å². The molecular formula is C19H14Cl2N4O. The number of aromatic nitrogens is 2. The Morgan fingerprint density at radius 3 is 2.65 bits per heavy atom. The van der Waals surface area contributed by atoms with E-state index >= 15 is 0 Å². The van der Waals surface area contributed by atoms with Crippen LogP contribution in [0.1, 0.15) is 15.9 Å². The molecule has 0 spiro atoms. The first-order valence-corrected chi connectivity index (χ1v) is 8.81. The summed E-state index contributed by atoms with van der Waals surface area (Å²) >= 11 is 12.0. The average Bonchev–Trinajstić information content (AvgIpc) is 3.09. The predicted octanol–water partition coefficient (Wildman–Crippen LogP) is 4.73. The highest BCUT2D eigenvalue weighted by Crippen LogP contribution is 2.32. The normalized spacial score (nSPS) is 12.8. The van der Waals surface area contributed by atoms with Crippen molar-refractivity contribution >= 4 is 46.4 Å². The first kappa shape index (κ1) is 16.8. The average molecular weight is 385 g/mol. The Hall–Kier alpha value is -2.63. The lowest BCUT2D eigenvalue weighted by molar-refractivity contribution is 0.102. The second kappa shape index (κ2) is 6.94. The van der Waals surface area contributed by atoms with Gasteiger partial charge in [-0.2, -0.15) is 0 Å². The molecule has 4 rings (SSSR count). The number of anilines is 3. The summed E-state index contributed by atoms with van der Waals surface area (Å²) in [5.74, 6) is 0.231. The monoisotopic (exact) mass is 384 g/mol. The molecule has 1 N–H and O–H groups in total. The number of para-hydroxylation sites is 1. The number of nitrogens with one attached hydrogen (secondary N) is 1. The Morgan fingerprint density at radius 1 is 1.08 bits per heavy atom. The zero-order valence-electron chi connectivity index (χ0n) is 13.6. The lowest BCUT2D eigenvalue weighted by Gasteiger charge is -2.17. The quantitative estimate of drug-likeness (QED) is 0.708. The molecule has 0 saturated carbocycles. The van der Waals surface area contributed by atoms with Gasteiger partial charge < -0.3 is 10.2 Å². The van der Waals surface area contributed by atoms with E-state index in [1.54, 1.807) is 18.2 Å². The number of fused-ring (bicyclic) bond motifs is 1. The fourth-order valence-electron chi connectivity index (χ4n) is 2.91. The molecule has 1 aromatic heterocycles. The Kier molecular flexibility index (Phi) is 4.49. The van der Waals surface area contributed by atoms with Crippen LogP contribution in [0.4, 0.5) is 17.3 Å². The molecule has 7 heteroatoms. The van der Waals surface area contributed by atoms with Gasteiger partial charge in [-0.1, -0.05) is 41.4 Å². The third-order valence-corrected chi connectivity index (χ3v) is 4.77. The SMILES string of the molecule is O=C(Nc1cc(Cl)ccc1Cl)c1cnc(N2CCc3ccccc32)nc1. The number of hydrogen-bond acceptors (Lipinski definition) is 4. The third-order valence-electron chi connectivity index (χ3n) is 4.21. The van der Waals surface area contributed by atoms with E-state index in [1.807, 2.05) is 23.1 Å². The smallest absolute Gasteiger partial charge is 0.258 e. The Balaban J connectivity index is 1.53. The van der Waals surface area contributed by atoms with E-state index in [4.69, 9.17) is 23.2 Å². The summed E-state index contributed by atoms with van der Waals surface area (Å²) in [6, 6.07) is 13.1. The van der Waals surface area contributed by atoms with Crippen LogP contribution in [0, 0.1) is 0 Å². The summed E-state index contributed by atoms with van der Waals surface area (Å²) in [5.41, 5.74) is 3.17. The van der Waals surface area contributed by atoms with Gasteiger partial charge in [0.1, 0.15) is 0 Å². The van der Waals surface area contributed by atoms with E-state index in [2.05, 4.69) is 21.4 Å². The Bertz CT molecular complexity index is 976. The molecule has 1 aliphatic heterocycles. The van der Waals surface area contributed by atoms with E-state index in [0.29, 0.717) is 27.2 Å². The van der Waals surface area contributed by atoms with Gasteiger partial charge in [0.05, 0.1) is 16.3 Å². The Labute approximate surface area is 160 Å². The maximum absolute atomic E-state index is 12.4. The maximum atomic E-state index is 12.4. The van der Waals surface area contributed by atoms with Crippen molar-refractivity contribution < 1.29 is 4.79 Å². The molecule has 0 radical (unpaired) electrons. The van der Waals surface area contributed by atoms with Crippen LogP contribution in [0.3, 0.4) is 0 Å². The van der Waals surface area contributed by atoms with E-state index in [9.17, 15) is 4.79 Å². The molecule has 2 aromatic carbocycles. The third kappa shape index (κ3) is 3.23. The van der Waals surface area contributed by atoms with Crippen LogP contribution in [0.2, 0.25) is 10.0 Å². The summed E-state index contributed by atoms with van der Waals surface area (Å²) in [6.07, 6.45) is 3.98. The van der Waals surface area contributed by atoms with Crippen molar-refractivity contribution in [1.82, 2.24) is 9.97 Å². The van der Waals surface area contributed by atoms with Crippen LogP contribution in [-0.4, -0.2) is 22.4 Å².